The van der Waals surface area contributed by atoms with Crippen molar-refractivity contribution in [2.24, 2.45) is 52.3 Å². The van der Waals surface area contributed by atoms with Gasteiger partial charge in [-0.05, 0) is 98.7 Å². The number of allylic oxidation sites excluding steroid dienone is 2. The van der Waals surface area contributed by atoms with Crippen LogP contribution in [0, 0.1) is 52.3 Å². The van der Waals surface area contributed by atoms with Crippen LogP contribution in [0.25, 0.3) is 0 Å². The van der Waals surface area contributed by atoms with Gasteiger partial charge < -0.3 is 4.74 Å². The van der Waals surface area contributed by atoms with Crippen LogP contribution in [0.1, 0.15) is 106 Å². The molecule has 186 valence electrons. The number of esters is 1. The monoisotopic (exact) mass is 456 g/mol. The summed E-state index contributed by atoms with van der Waals surface area (Å²) < 4.78 is 5.60. The van der Waals surface area contributed by atoms with Crippen LogP contribution < -0.4 is 0 Å². The molecule has 0 aliphatic heterocycles. The number of fused-ring (bicyclic) bond motifs is 3. The number of ether oxygens (including phenoxy) is 1. The molecular formula is C30H48O3. The summed E-state index contributed by atoms with van der Waals surface area (Å²) in [6, 6.07) is 0. The second-order valence-corrected chi connectivity index (χ2v) is 13.2. The lowest BCUT2D eigenvalue weighted by Gasteiger charge is -2.58. The third kappa shape index (κ3) is 4.36. The van der Waals surface area contributed by atoms with E-state index in [2.05, 4.69) is 47.6 Å². The Kier molecular flexibility index (Phi) is 6.93. The zero-order chi connectivity index (χ0) is 24.1. The van der Waals surface area contributed by atoms with Crippen molar-refractivity contribution >= 4 is 11.8 Å². The predicted molar refractivity (Wildman–Crippen MR) is 134 cm³/mol. The fourth-order valence-electron chi connectivity index (χ4n) is 8.53. The van der Waals surface area contributed by atoms with E-state index in [9.17, 15) is 9.59 Å². The molecule has 0 bridgehead atoms. The highest BCUT2D eigenvalue weighted by molar-refractivity contribution is 5.88. The Balaban J connectivity index is 1.46. The second kappa shape index (κ2) is 9.15. The summed E-state index contributed by atoms with van der Waals surface area (Å²) in [5.41, 5.74) is 1.67. The summed E-state index contributed by atoms with van der Waals surface area (Å²) >= 11 is 0. The Hall–Kier alpha value is -1.12. The van der Waals surface area contributed by atoms with E-state index in [1.807, 2.05) is 0 Å². The van der Waals surface area contributed by atoms with Crippen LogP contribution in [0.3, 0.4) is 0 Å². The Labute approximate surface area is 202 Å². The Bertz CT molecular complexity index is 796. The molecule has 3 heteroatoms. The maximum absolute atomic E-state index is 14.2. The molecule has 0 heterocycles. The largest absolute Gasteiger partial charge is 0.463 e. The summed E-state index contributed by atoms with van der Waals surface area (Å²) in [5.74, 6) is 4.19. The first kappa shape index (κ1) is 25.0. The van der Waals surface area contributed by atoms with E-state index in [1.54, 1.807) is 5.57 Å². The van der Waals surface area contributed by atoms with Gasteiger partial charge in [-0.15, -0.1) is 0 Å². The van der Waals surface area contributed by atoms with Crippen LogP contribution in [0.4, 0.5) is 0 Å². The summed E-state index contributed by atoms with van der Waals surface area (Å²) in [6.07, 6.45) is 12.3. The smallest absolute Gasteiger partial charge is 0.302 e. The minimum Gasteiger partial charge on any atom is -0.463 e. The first-order chi connectivity index (χ1) is 15.5. The van der Waals surface area contributed by atoms with Gasteiger partial charge in [-0.1, -0.05) is 53.2 Å². The summed E-state index contributed by atoms with van der Waals surface area (Å²) in [7, 11) is 0. The minimum atomic E-state index is -0.169. The van der Waals surface area contributed by atoms with Gasteiger partial charge in [0.05, 0.1) is 0 Å². The van der Waals surface area contributed by atoms with Gasteiger partial charge in [0.2, 0.25) is 0 Å². The SMILES string of the molecule is CC(=O)O[C@H]1CC[C@@]2(C)[C@@H](CC[C@H]3C(=O)[C@@](C)([C@@H]4CC=C(C[C@H](C)C(C)C)[C@H]4C)CC[C@@H]32)C1. The van der Waals surface area contributed by atoms with Crippen molar-refractivity contribution in [1.29, 1.82) is 0 Å². The molecule has 9 atom stereocenters. The van der Waals surface area contributed by atoms with Gasteiger partial charge in [0.15, 0.2) is 0 Å². The fraction of sp³-hybridized carbons (Fsp3) is 0.867. The van der Waals surface area contributed by atoms with Crippen molar-refractivity contribution in [2.75, 3.05) is 0 Å². The number of ketones is 1. The third-order valence-electron chi connectivity index (χ3n) is 11.2. The molecule has 0 aromatic heterocycles. The first-order valence-electron chi connectivity index (χ1n) is 13.9. The zero-order valence-corrected chi connectivity index (χ0v) is 22.3. The normalized spacial score (nSPS) is 44.1. The van der Waals surface area contributed by atoms with Gasteiger partial charge in [-0.25, -0.2) is 0 Å². The number of carbonyl (C=O) groups excluding carboxylic acids is 2. The van der Waals surface area contributed by atoms with E-state index < -0.39 is 0 Å². The van der Waals surface area contributed by atoms with Crippen molar-refractivity contribution in [3.05, 3.63) is 11.6 Å². The topological polar surface area (TPSA) is 43.4 Å². The maximum Gasteiger partial charge on any atom is 0.302 e. The fourth-order valence-corrected chi connectivity index (χ4v) is 8.53. The lowest BCUT2D eigenvalue weighted by atomic mass is 9.45. The Morgan fingerprint density at radius 1 is 1.09 bits per heavy atom. The van der Waals surface area contributed by atoms with Crippen molar-refractivity contribution < 1.29 is 14.3 Å². The van der Waals surface area contributed by atoms with E-state index >= 15 is 0 Å². The molecule has 33 heavy (non-hydrogen) atoms. The molecule has 0 spiro atoms. The van der Waals surface area contributed by atoms with Gasteiger partial charge in [0, 0.05) is 18.3 Å². The highest BCUT2D eigenvalue weighted by Crippen LogP contribution is 2.62. The van der Waals surface area contributed by atoms with Gasteiger partial charge in [-0.3, -0.25) is 9.59 Å². The van der Waals surface area contributed by atoms with E-state index in [0.29, 0.717) is 41.3 Å². The maximum atomic E-state index is 14.2. The molecule has 3 saturated carbocycles. The summed E-state index contributed by atoms with van der Waals surface area (Å²) in [4.78, 5) is 25.7. The van der Waals surface area contributed by atoms with Crippen LogP contribution >= 0.6 is 0 Å². The molecule has 3 fully saturated rings. The number of rotatable bonds is 5. The number of Topliss-reactive ketones (excluding diaryl/α,β-unsaturated/α-hetero) is 1. The van der Waals surface area contributed by atoms with Crippen molar-refractivity contribution in [3.63, 3.8) is 0 Å². The predicted octanol–water partition coefficient (Wildman–Crippen LogP) is 7.38. The molecule has 0 aromatic rings. The van der Waals surface area contributed by atoms with E-state index in [0.717, 1.165) is 44.9 Å². The van der Waals surface area contributed by atoms with Crippen LogP contribution in [0.15, 0.2) is 11.6 Å². The average Bonchev–Trinajstić information content (AvgIpc) is 3.11. The van der Waals surface area contributed by atoms with Gasteiger partial charge >= 0.3 is 5.97 Å². The lowest BCUT2D eigenvalue weighted by molar-refractivity contribution is -0.164. The molecular weight excluding hydrogens is 408 g/mol. The van der Waals surface area contributed by atoms with E-state index in [1.165, 1.54) is 19.8 Å². The highest BCUT2D eigenvalue weighted by Gasteiger charge is 2.59. The standard InChI is InChI=1S/C30H48O3/c1-18(2)19(3)16-22-8-11-26(20(22)4)30(7)15-13-27-25(28(30)32)10-9-23-17-24(33-21(5)31)12-14-29(23,27)6/h8,18-20,23-27H,9-17H2,1-7H3/t19-,20+,23-,24-,25+,26+,27-,29-,30+/m0/s1. The molecule has 0 unspecified atom stereocenters. The second-order valence-electron chi connectivity index (χ2n) is 13.2. The molecule has 0 N–H and O–H groups in total. The van der Waals surface area contributed by atoms with Gasteiger partial charge in [0.25, 0.3) is 0 Å². The third-order valence-corrected chi connectivity index (χ3v) is 11.2. The Morgan fingerprint density at radius 3 is 2.48 bits per heavy atom. The zero-order valence-electron chi connectivity index (χ0n) is 22.3. The molecule has 0 radical (unpaired) electrons. The lowest BCUT2D eigenvalue weighted by Crippen LogP contribution is -2.56. The number of hydrogen-bond acceptors (Lipinski definition) is 3. The highest BCUT2D eigenvalue weighted by atomic mass is 16.5. The first-order valence-corrected chi connectivity index (χ1v) is 13.9. The minimum absolute atomic E-state index is 0.0822. The van der Waals surface area contributed by atoms with Crippen molar-refractivity contribution in [1.82, 2.24) is 0 Å². The van der Waals surface area contributed by atoms with Crippen LogP contribution in [-0.4, -0.2) is 17.9 Å². The number of hydrogen-bond donors (Lipinski definition) is 0. The van der Waals surface area contributed by atoms with E-state index in [4.69, 9.17) is 4.74 Å². The molecule has 4 aliphatic carbocycles. The van der Waals surface area contributed by atoms with Gasteiger partial charge in [-0.2, -0.15) is 0 Å². The summed E-state index contributed by atoms with van der Waals surface area (Å²) in [6.45, 7) is 15.7. The molecule has 0 saturated heterocycles. The quantitative estimate of drug-likeness (QED) is 0.320. The summed E-state index contributed by atoms with van der Waals surface area (Å²) in [5, 5.41) is 0. The molecule has 3 nitrogen and oxygen atoms in total. The molecule has 0 aromatic carbocycles. The van der Waals surface area contributed by atoms with Crippen LogP contribution in [0.5, 0.6) is 0 Å². The van der Waals surface area contributed by atoms with E-state index in [-0.39, 0.29) is 28.8 Å². The van der Waals surface area contributed by atoms with Crippen molar-refractivity contribution in [3.8, 4) is 0 Å². The molecule has 0 amide bonds. The average molecular weight is 457 g/mol. The Morgan fingerprint density at radius 2 is 1.82 bits per heavy atom. The van der Waals surface area contributed by atoms with Crippen molar-refractivity contribution in [2.45, 2.75) is 112 Å². The molecule has 4 rings (SSSR count). The number of carbonyl (C=O) groups is 2. The van der Waals surface area contributed by atoms with Crippen LogP contribution in [-0.2, 0) is 14.3 Å². The molecule has 4 aliphatic rings. The van der Waals surface area contributed by atoms with Crippen LogP contribution in [0.2, 0.25) is 0 Å². The van der Waals surface area contributed by atoms with Gasteiger partial charge in [0.1, 0.15) is 11.9 Å².